The Morgan fingerprint density at radius 3 is 2.56 bits per heavy atom. The molecule has 0 aliphatic carbocycles. The molecule has 1 aromatic carbocycles. The van der Waals surface area contributed by atoms with E-state index in [4.69, 9.17) is 20.7 Å². The highest BCUT2D eigenvalue weighted by molar-refractivity contribution is 5.55. The van der Waals surface area contributed by atoms with Crippen molar-refractivity contribution in [3.05, 3.63) is 23.8 Å². The van der Waals surface area contributed by atoms with Gasteiger partial charge in [-0.15, -0.1) is 0 Å². The second-order valence-corrected chi connectivity index (χ2v) is 3.43. The van der Waals surface area contributed by atoms with Crippen LogP contribution in [-0.4, -0.2) is 36.6 Å². The van der Waals surface area contributed by atoms with Crippen molar-refractivity contribution in [2.45, 2.75) is 12.6 Å². The zero-order chi connectivity index (χ0) is 12.0. The SMILES string of the molecule is COc1ccc(CN)c(NC(CO)CO)c1. The van der Waals surface area contributed by atoms with E-state index in [1.807, 2.05) is 12.1 Å². The first kappa shape index (κ1) is 12.8. The second kappa shape index (κ2) is 6.32. The number of aliphatic hydroxyl groups excluding tert-OH is 2. The van der Waals surface area contributed by atoms with Gasteiger partial charge in [0.15, 0.2) is 0 Å². The molecule has 0 atom stereocenters. The third-order valence-electron chi connectivity index (χ3n) is 2.34. The van der Waals surface area contributed by atoms with E-state index in [0.29, 0.717) is 12.3 Å². The molecule has 0 bridgehead atoms. The van der Waals surface area contributed by atoms with Crippen molar-refractivity contribution in [1.82, 2.24) is 0 Å². The van der Waals surface area contributed by atoms with Crippen LogP contribution in [0.3, 0.4) is 0 Å². The molecule has 5 nitrogen and oxygen atoms in total. The molecule has 1 rings (SSSR count). The first-order valence-electron chi connectivity index (χ1n) is 5.10. The quantitative estimate of drug-likeness (QED) is 0.545. The van der Waals surface area contributed by atoms with Crippen LogP contribution in [0.5, 0.6) is 5.75 Å². The zero-order valence-corrected chi connectivity index (χ0v) is 9.31. The number of hydrogen-bond acceptors (Lipinski definition) is 5. The molecule has 0 aromatic heterocycles. The van der Waals surface area contributed by atoms with Gasteiger partial charge in [0, 0.05) is 18.3 Å². The summed E-state index contributed by atoms with van der Waals surface area (Å²) in [6, 6.07) is 5.07. The van der Waals surface area contributed by atoms with Crippen molar-refractivity contribution in [2.24, 2.45) is 5.73 Å². The molecule has 0 radical (unpaired) electrons. The Bertz CT molecular complexity index is 327. The van der Waals surface area contributed by atoms with Gasteiger partial charge in [-0.3, -0.25) is 0 Å². The predicted octanol–water partition coefficient (Wildman–Crippen LogP) is -0.0810. The second-order valence-electron chi connectivity index (χ2n) is 3.43. The van der Waals surface area contributed by atoms with E-state index in [1.165, 1.54) is 0 Å². The number of nitrogens with two attached hydrogens (primary N) is 1. The molecular formula is C11H18N2O3. The summed E-state index contributed by atoms with van der Waals surface area (Å²) in [5.74, 6) is 0.703. The summed E-state index contributed by atoms with van der Waals surface area (Å²) in [4.78, 5) is 0. The topological polar surface area (TPSA) is 87.7 Å². The first-order chi connectivity index (χ1) is 7.74. The summed E-state index contributed by atoms with van der Waals surface area (Å²) in [7, 11) is 1.58. The van der Waals surface area contributed by atoms with Crippen LogP contribution in [0.1, 0.15) is 5.56 Å². The van der Waals surface area contributed by atoms with Crippen LogP contribution in [0.25, 0.3) is 0 Å². The van der Waals surface area contributed by atoms with Gasteiger partial charge >= 0.3 is 0 Å². The van der Waals surface area contributed by atoms with Crippen LogP contribution in [-0.2, 0) is 6.54 Å². The molecule has 5 heteroatoms. The third kappa shape index (κ3) is 3.10. The maximum atomic E-state index is 8.99. The standard InChI is InChI=1S/C11H18N2O3/c1-16-10-3-2-8(5-12)11(4-10)13-9(6-14)7-15/h2-4,9,13-15H,5-7,12H2,1H3. The summed E-state index contributed by atoms with van der Waals surface area (Å²) in [5, 5.41) is 21.0. The number of anilines is 1. The first-order valence-corrected chi connectivity index (χ1v) is 5.10. The van der Waals surface area contributed by atoms with E-state index in [2.05, 4.69) is 5.32 Å². The predicted molar refractivity (Wildman–Crippen MR) is 62.5 cm³/mol. The summed E-state index contributed by atoms with van der Waals surface area (Å²) in [5.41, 5.74) is 7.28. The van der Waals surface area contributed by atoms with E-state index in [9.17, 15) is 0 Å². The Balaban J connectivity index is 2.90. The maximum Gasteiger partial charge on any atom is 0.120 e. The van der Waals surface area contributed by atoms with Gasteiger partial charge in [0.2, 0.25) is 0 Å². The molecule has 0 saturated carbocycles. The smallest absolute Gasteiger partial charge is 0.120 e. The fraction of sp³-hybridized carbons (Fsp3) is 0.455. The lowest BCUT2D eigenvalue weighted by molar-refractivity contribution is 0.204. The van der Waals surface area contributed by atoms with Crippen molar-refractivity contribution >= 4 is 5.69 Å². The van der Waals surface area contributed by atoms with E-state index in [-0.39, 0.29) is 13.2 Å². The number of hydrogen-bond donors (Lipinski definition) is 4. The monoisotopic (exact) mass is 226 g/mol. The van der Waals surface area contributed by atoms with E-state index in [0.717, 1.165) is 11.3 Å². The number of benzene rings is 1. The highest BCUT2D eigenvalue weighted by Crippen LogP contribution is 2.22. The van der Waals surface area contributed by atoms with Gasteiger partial charge in [-0.25, -0.2) is 0 Å². The fourth-order valence-corrected chi connectivity index (χ4v) is 1.36. The Morgan fingerprint density at radius 2 is 2.06 bits per heavy atom. The van der Waals surface area contributed by atoms with Crippen LogP contribution in [0.15, 0.2) is 18.2 Å². The highest BCUT2D eigenvalue weighted by atomic mass is 16.5. The lowest BCUT2D eigenvalue weighted by Crippen LogP contribution is -2.28. The lowest BCUT2D eigenvalue weighted by atomic mass is 10.1. The largest absolute Gasteiger partial charge is 0.497 e. The number of ether oxygens (including phenoxy) is 1. The number of nitrogens with one attached hydrogen (secondary N) is 1. The Hall–Kier alpha value is -1.30. The normalized spacial score (nSPS) is 10.6. The third-order valence-corrected chi connectivity index (χ3v) is 2.34. The summed E-state index contributed by atoms with van der Waals surface area (Å²) in [6.07, 6.45) is 0. The van der Waals surface area contributed by atoms with Crippen LogP contribution >= 0.6 is 0 Å². The van der Waals surface area contributed by atoms with Crippen molar-refractivity contribution in [2.75, 3.05) is 25.6 Å². The Morgan fingerprint density at radius 1 is 1.38 bits per heavy atom. The van der Waals surface area contributed by atoms with E-state index >= 15 is 0 Å². The average molecular weight is 226 g/mol. The van der Waals surface area contributed by atoms with Gasteiger partial charge in [0.25, 0.3) is 0 Å². The fourth-order valence-electron chi connectivity index (χ4n) is 1.36. The molecule has 0 fully saturated rings. The molecule has 0 heterocycles. The summed E-state index contributed by atoms with van der Waals surface area (Å²) < 4.78 is 5.10. The maximum absolute atomic E-state index is 8.99. The van der Waals surface area contributed by atoms with Crippen LogP contribution in [0.4, 0.5) is 5.69 Å². The minimum atomic E-state index is -0.391. The van der Waals surface area contributed by atoms with Crippen molar-refractivity contribution in [3.8, 4) is 5.75 Å². The molecule has 90 valence electrons. The summed E-state index contributed by atoms with van der Waals surface area (Å²) >= 11 is 0. The molecular weight excluding hydrogens is 208 g/mol. The van der Waals surface area contributed by atoms with E-state index < -0.39 is 6.04 Å². The molecule has 0 unspecified atom stereocenters. The van der Waals surface area contributed by atoms with Gasteiger partial charge in [-0.1, -0.05) is 6.07 Å². The molecule has 1 aromatic rings. The van der Waals surface area contributed by atoms with Gasteiger partial charge in [-0.05, 0) is 11.6 Å². The minimum absolute atomic E-state index is 0.141. The van der Waals surface area contributed by atoms with Crippen molar-refractivity contribution < 1.29 is 14.9 Å². The van der Waals surface area contributed by atoms with Gasteiger partial charge in [0.1, 0.15) is 5.75 Å². The Kier molecular flexibility index (Phi) is 5.04. The average Bonchev–Trinajstić information content (AvgIpc) is 2.35. The van der Waals surface area contributed by atoms with Gasteiger partial charge in [-0.2, -0.15) is 0 Å². The van der Waals surface area contributed by atoms with Crippen molar-refractivity contribution in [1.29, 1.82) is 0 Å². The molecule has 0 aliphatic rings. The van der Waals surface area contributed by atoms with E-state index in [1.54, 1.807) is 13.2 Å². The number of methoxy groups -OCH3 is 1. The molecule has 0 saturated heterocycles. The van der Waals surface area contributed by atoms with Crippen LogP contribution in [0.2, 0.25) is 0 Å². The number of aliphatic hydroxyl groups is 2. The number of rotatable bonds is 6. The molecule has 0 aliphatic heterocycles. The van der Waals surface area contributed by atoms with Gasteiger partial charge < -0.3 is 26.0 Å². The summed E-state index contributed by atoms with van der Waals surface area (Å²) in [6.45, 7) is 0.103. The molecule has 0 spiro atoms. The van der Waals surface area contributed by atoms with Crippen molar-refractivity contribution in [3.63, 3.8) is 0 Å². The zero-order valence-electron chi connectivity index (χ0n) is 9.31. The van der Waals surface area contributed by atoms with Gasteiger partial charge in [0.05, 0.1) is 26.4 Å². The van der Waals surface area contributed by atoms with Crippen LogP contribution < -0.4 is 15.8 Å². The molecule has 5 N–H and O–H groups in total. The lowest BCUT2D eigenvalue weighted by Gasteiger charge is -2.18. The highest BCUT2D eigenvalue weighted by Gasteiger charge is 2.09. The molecule has 16 heavy (non-hydrogen) atoms. The Labute approximate surface area is 94.8 Å². The minimum Gasteiger partial charge on any atom is -0.497 e. The molecule has 0 amide bonds. The van der Waals surface area contributed by atoms with Crippen LogP contribution in [0, 0.1) is 0 Å².